The molecule has 1 aliphatic heterocycles. The van der Waals surface area contributed by atoms with Crippen LogP contribution in [0.15, 0.2) is 48.5 Å². The molecule has 1 N–H and O–H groups in total. The minimum absolute atomic E-state index is 0.121. The molecule has 0 radical (unpaired) electrons. The van der Waals surface area contributed by atoms with Gasteiger partial charge in [-0.05, 0) is 43.2 Å². The van der Waals surface area contributed by atoms with Crippen LogP contribution in [0.5, 0.6) is 11.5 Å². The van der Waals surface area contributed by atoms with Gasteiger partial charge in [0, 0.05) is 19.5 Å². The zero-order valence-electron chi connectivity index (χ0n) is 21.2. The normalized spacial score (nSPS) is 13.5. The number of para-hydroxylation sites is 2. The summed E-state index contributed by atoms with van der Waals surface area (Å²) in [6.07, 6.45) is 6.27. The molecule has 1 aliphatic rings. The largest absolute Gasteiger partial charge is 0.493 e. The molecular weight excluding hydrogens is 444 g/mol. The lowest BCUT2D eigenvalue weighted by Gasteiger charge is -2.24. The Morgan fingerprint density at radius 2 is 1.71 bits per heavy atom. The molecule has 0 aromatic heterocycles. The second-order valence-electron chi connectivity index (χ2n) is 8.65. The molecule has 2 aromatic carbocycles. The summed E-state index contributed by atoms with van der Waals surface area (Å²) in [6, 6.07) is 15.4. The third kappa shape index (κ3) is 9.42. The summed E-state index contributed by atoms with van der Waals surface area (Å²) in [5, 5.41) is 3.05. The first-order valence-electron chi connectivity index (χ1n) is 12.9. The molecule has 2 amide bonds. The zero-order valence-corrected chi connectivity index (χ0v) is 21.2. The van der Waals surface area contributed by atoms with E-state index >= 15 is 0 Å². The molecule has 1 heterocycles. The standard InChI is InChI=1S/C28H40N2O5/c1-3-5-6-7-10-18-30(28(31)29-25-11-8-9-12-26(25)32-4-2)22-23-13-15-24(16-14-23)33-19-17-27-34-20-21-35-27/h8-9,11-16,27H,3-7,10,17-22H2,1-2H3,(H,29,31). The second kappa shape index (κ2) is 15.3. The summed E-state index contributed by atoms with van der Waals surface area (Å²) < 4.78 is 22.4. The fourth-order valence-corrected chi connectivity index (χ4v) is 3.96. The number of anilines is 1. The highest BCUT2D eigenvalue weighted by molar-refractivity contribution is 5.91. The van der Waals surface area contributed by atoms with E-state index in [9.17, 15) is 4.79 Å². The van der Waals surface area contributed by atoms with E-state index in [1.54, 1.807) is 0 Å². The molecule has 1 saturated heterocycles. The molecule has 0 atom stereocenters. The SMILES string of the molecule is CCCCCCCN(Cc1ccc(OCCC2OCCO2)cc1)C(=O)Nc1ccccc1OCC. The molecule has 3 rings (SSSR count). The maximum atomic E-state index is 13.2. The number of ether oxygens (including phenoxy) is 4. The molecule has 1 fully saturated rings. The number of hydrogen-bond donors (Lipinski definition) is 1. The molecule has 0 bridgehead atoms. The van der Waals surface area contributed by atoms with Crippen LogP contribution in [0.1, 0.15) is 57.9 Å². The predicted molar refractivity (Wildman–Crippen MR) is 138 cm³/mol. The van der Waals surface area contributed by atoms with E-state index in [2.05, 4.69) is 12.2 Å². The van der Waals surface area contributed by atoms with Gasteiger partial charge in [0.05, 0.1) is 32.1 Å². The van der Waals surface area contributed by atoms with Crippen LogP contribution in [-0.4, -0.2) is 50.2 Å². The average molecular weight is 485 g/mol. The van der Waals surface area contributed by atoms with Crippen molar-refractivity contribution in [1.82, 2.24) is 4.90 Å². The number of nitrogens with zero attached hydrogens (tertiary/aromatic N) is 1. The van der Waals surface area contributed by atoms with E-state index in [-0.39, 0.29) is 12.3 Å². The van der Waals surface area contributed by atoms with Crippen LogP contribution in [0, 0.1) is 0 Å². The van der Waals surface area contributed by atoms with Gasteiger partial charge in [-0.25, -0.2) is 4.79 Å². The van der Waals surface area contributed by atoms with Gasteiger partial charge in [-0.15, -0.1) is 0 Å². The summed E-state index contributed by atoms with van der Waals surface area (Å²) >= 11 is 0. The molecule has 0 saturated carbocycles. The van der Waals surface area contributed by atoms with Crippen LogP contribution in [-0.2, 0) is 16.0 Å². The highest BCUT2D eigenvalue weighted by Gasteiger charge is 2.17. The summed E-state index contributed by atoms with van der Waals surface area (Å²) in [4.78, 5) is 15.1. The molecule has 192 valence electrons. The highest BCUT2D eigenvalue weighted by Crippen LogP contribution is 2.24. The van der Waals surface area contributed by atoms with Crippen molar-refractivity contribution in [1.29, 1.82) is 0 Å². The Kier molecular flexibility index (Phi) is 11.7. The maximum Gasteiger partial charge on any atom is 0.322 e. The van der Waals surface area contributed by atoms with Crippen LogP contribution < -0.4 is 14.8 Å². The zero-order chi connectivity index (χ0) is 24.7. The molecule has 7 nitrogen and oxygen atoms in total. The highest BCUT2D eigenvalue weighted by atomic mass is 16.7. The topological polar surface area (TPSA) is 69.3 Å². The van der Waals surface area contributed by atoms with Crippen LogP contribution in [0.3, 0.4) is 0 Å². The van der Waals surface area contributed by atoms with E-state index in [1.807, 2.05) is 60.4 Å². The molecule has 0 unspecified atom stereocenters. The monoisotopic (exact) mass is 484 g/mol. The number of amides is 2. The van der Waals surface area contributed by atoms with Crippen LogP contribution in [0.4, 0.5) is 10.5 Å². The Morgan fingerprint density at radius 3 is 2.46 bits per heavy atom. The Bertz CT molecular complexity index is 868. The van der Waals surface area contributed by atoms with Gasteiger partial charge < -0.3 is 29.2 Å². The molecule has 0 aliphatic carbocycles. The first-order valence-corrected chi connectivity index (χ1v) is 12.9. The molecule has 35 heavy (non-hydrogen) atoms. The minimum Gasteiger partial charge on any atom is -0.493 e. The van der Waals surface area contributed by atoms with Gasteiger partial charge >= 0.3 is 6.03 Å². The Morgan fingerprint density at radius 1 is 0.971 bits per heavy atom. The summed E-state index contributed by atoms with van der Waals surface area (Å²) in [6.45, 7) is 7.76. The quantitative estimate of drug-likeness (QED) is 0.303. The first-order chi connectivity index (χ1) is 17.2. The van der Waals surface area contributed by atoms with Gasteiger partial charge in [0.25, 0.3) is 0 Å². The second-order valence-corrected chi connectivity index (χ2v) is 8.65. The van der Waals surface area contributed by atoms with Gasteiger partial charge in [-0.2, -0.15) is 0 Å². The number of hydrogen-bond acceptors (Lipinski definition) is 5. The van der Waals surface area contributed by atoms with Crippen molar-refractivity contribution in [2.75, 3.05) is 38.3 Å². The van der Waals surface area contributed by atoms with Gasteiger partial charge in [-0.1, -0.05) is 56.9 Å². The number of urea groups is 1. The average Bonchev–Trinajstić information content (AvgIpc) is 3.39. The molecule has 0 spiro atoms. The maximum absolute atomic E-state index is 13.2. The van der Waals surface area contributed by atoms with Crippen molar-refractivity contribution in [3.63, 3.8) is 0 Å². The van der Waals surface area contributed by atoms with E-state index < -0.39 is 0 Å². The van der Waals surface area contributed by atoms with Gasteiger partial charge in [0.2, 0.25) is 0 Å². The summed E-state index contributed by atoms with van der Waals surface area (Å²) in [5.74, 6) is 1.48. The van der Waals surface area contributed by atoms with Crippen molar-refractivity contribution in [2.45, 2.75) is 65.2 Å². The number of carbonyl (C=O) groups is 1. The van der Waals surface area contributed by atoms with Crippen molar-refractivity contribution in [3.8, 4) is 11.5 Å². The molecule has 7 heteroatoms. The van der Waals surface area contributed by atoms with Crippen molar-refractivity contribution in [3.05, 3.63) is 54.1 Å². The van der Waals surface area contributed by atoms with Crippen molar-refractivity contribution in [2.24, 2.45) is 0 Å². The Balaban J connectivity index is 1.57. The van der Waals surface area contributed by atoms with Crippen LogP contribution >= 0.6 is 0 Å². The van der Waals surface area contributed by atoms with E-state index in [4.69, 9.17) is 18.9 Å². The van der Waals surface area contributed by atoms with Crippen LogP contribution in [0.2, 0.25) is 0 Å². The van der Waals surface area contributed by atoms with E-state index in [1.165, 1.54) is 19.3 Å². The lowest BCUT2D eigenvalue weighted by Crippen LogP contribution is -2.35. The number of carbonyl (C=O) groups excluding carboxylic acids is 1. The lowest BCUT2D eigenvalue weighted by molar-refractivity contribution is -0.0531. The lowest BCUT2D eigenvalue weighted by atomic mass is 10.1. The van der Waals surface area contributed by atoms with E-state index in [0.717, 1.165) is 24.2 Å². The molecular formula is C28H40N2O5. The Hall–Kier alpha value is -2.77. The van der Waals surface area contributed by atoms with E-state index in [0.29, 0.717) is 57.4 Å². The minimum atomic E-state index is -0.161. The first kappa shape index (κ1) is 26.8. The van der Waals surface area contributed by atoms with Crippen LogP contribution in [0.25, 0.3) is 0 Å². The van der Waals surface area contributed by atoms with Crippen molar-refractivity contribution >= 4 is 11.7 Å². The molecule has 2 aromatic rings. The number of unbranched alkanes of at least 4 members (excludes halogenated alkanes) is 4. The van der Waals surface area contributed by atoms with Gasteiger partial charge in [0.1, 0.15) is 11.5 Å². The third-order valence-electron chi connectivity index (χ3n) is 5.86. The van der Waals surface area contributed by atoms with Crippen molar-refractivity contribution < 1.29 is 23.7 Å². The number of rotatable bonds is 15. The smallest absolute Gasteiger partial charge is 0.322 e. The number of benzene rings is 2. The fourth-order valence-electron chi connectivity index (χ4n) is 3.96. The van der Waals surface area contributed by atoms with Gasteiger partial charge in [0.15, 0.2) is 6.29 Å². The summed E-state index contributed by atoms with van der Waals surface area (Å²) in [5.41, 5.74) is 1.75. The van der Waals surface area contributed by atoms with Gasteiger partial charge in [-0.3, -0.25) is 0 Å². The third-order valence-corrected chi connectivity index (χ3v) is 5.86. The Labute approximate surface area is 209 Å². The summed E-state index contributed by atoms with van der Waals surface area (Å²) in [7, 11) is 0. The predicted octanol–water partition coefficient (Wildman–Crippen LogP) is 6.23. The number of nitrogens with one attached hydrogen (secondary N) is 1. The fraction of sp³-hybridized carbons (Fsp3) is 0.536.